The van der Waals surface area contributed by atoms with Crippen LogP contribution in [0.25, 0.3) is 0 Å². The van der Waals surface area contributed by atoms with Gasteiger partial charge < -0.3 is 0 Å². The van der Waals surface area contributed by atoms with Crippen LogP contribution in [0, 0.1) is 5.92 Å². The molecule has 0 radical (unpaired) electrons. The molecular weight excluding hydrogens is 155 g/mol. The summed E-state index contributed by atoms with van der Waals surface area (Å²) in [4.78, 5) is 0. The zero-order valence-corrected chi connectivity index (χ0v) is 7.42. The van der Waals surface area contributed by atoms with Crippen LogP contribution in [0.4, 0.5) is 0 Å². The van der Waals surface area contributed by atoms with E-state index in [1.54, 1.807) is 0 Å². The van der Waals surface area contributed by atoms with Crippen molar-refractivity contribution in [2.75, 3.05) is 0 Å². The Hall–Kier alpha value is 0.494. The molecule has 0 aromatic rings. The number of hydrogen-bond donors (Lipinski definition) is 0. The Morgan fingerprint density at radius 1 is 1.33 bits per heavy atom. The van der Waals surface area contributed by atoms with Gasteiger partial charge in [-0.1, -0.05) is 0 Å². The van der Waals surface area contributed by atoms with Crippen LogP contribution in [0.1, 0.15) is 39.5 Å². The van der Waals surface area contributed by atoms with E-state index in [1.165, 1.54) is 25.7 Å². The first kappa shape index (κ1) is 9.49. The van der Waals surface area contributed by atoms with E-state index in [1.807, 2.05) is 0 Å². The minimum absolute atomic E-state index is 0.838. The first-order valence-corrected chi connectivity index (χ1v) is 4.56. The molecule has 0 aliphatic carbocycles. The molecule has 0 bridgehead atoms. The van der Waals surface area contributed by atoms with Gasteiger partial charge >= 0.3 is 66.3 Å². The van der Waals surface area contributed by atoms with Crippen molar-refractivity contribution in [2.45, 2.75) is 44.9 Å². The van der Waals surface area contributed by atoms with Gasteiger partial charge in [-0.3, -0.25) is 0 Å². The predicted molar refractivity (Wildman–Crippen MR) is 38.1 cm³/mol. The zero-order chi connectivity index (χ0) is 7.11. The molecule has 0 fully saturated rings. The summed E-state index contributed by atoms with van der Waals surface area (Å²) in [6.45, 7) is 4.47. The Morgan fingerprint density at radius 2 is 2.00 bits per heavy atom. The predicted octanol–water partition coefficient (Wildman–Crippen LogP) is 3.17. The maximum atomic E-state index is 4.72. The van der Waals surface area contributed by atoms with Crippen LogP contribution in [-0.4, -0.2) is 0 Å². The molecule has 0 aliphatic rings. The molecule has 0 aromatic heterocycles. The van der Waals surface area contributed by atoms with Gasteiger partial charge in [0.05, 0.1) is 0 Å². The molecule has 59 valence electrons. The standard InChI is InChI=1S/C8H17.Ni/c1-4-6-7-8(3)5-2;/h8H,3-7H2,1-2H3;. The molecule has 0 saturated heterocycles. The molecule has 0 saturated carbocycles. The Labute approximate surface area is 66.8 Å². The molecule has 0 heterocycles. The fourth-order valence-electron chi connectivity index (χ4n) is 0.853. The van der Waals surface area contributed by atoms with Crippen LogP contribution in [0.2, 0.25) is 5.39 Å². The molecular formula is C8H17Ni. The Balaban J connectivity index is 3.09. The van der Waals surface area contributed by atoms with E-state index in [-0.39, 0.29) is 0 Å². The van der Waals surface area contributed by atoms with Crippen molar-refractivity contribution in [2.24, 2.45) is 5.92 Å². The van der Waals surface area contributed by atoms with Gasteiger partial charge in [0.25, 0.3) is 0 Å². The van der Waals surface area contributed by atoms with Crippen molar-refractivity contribution in [1.29, 1.82) is 0 Å². The van der Waals surface area contributed by atoms with E-state index < -0.39 is 0 Å². The summed E-state index contributed by atoms with van der Waals surface area (Å²) in [6.07, 6.45) is 5.31. The van der Waals surface area contributed by atoms with Gasteiger partial charge in [0.2, 0.25) is 0 Å². The van der Waals surface area contributed by atoms with E-state index in [0.29, 0.717) is 0 Å². The summed E-state index contributed by atoms with van der Waals surface area (Å²) in [5.41, 5.74) is 0. The van der Waals surface area contributed by atoms with Gasteiger partial charge in [-0.05, 0) is 0 Å². The van der Waals surface area contributed by atoms with Crippen molar-refractivity contribution in [3.8, 4) is 0 Å². The van der Waals surface area contributed by atoms with Crippen LogP contribution in [0.3, 0.4) is 0 Å². The topological polar surface area (TPSA) is 0 Å². The average Bonchev–Trinajstić information content (AvgIpc) is 1.91. The van der Waals surface area contributed by atoms with Crippen molar-refractivity contribution in [3.05, 3.63) is 0 Å². The number of unbranched alkanes of at least 4 members (excludes halogenated alkanes) is 1. The van der Waals surface area contributed by atoms with Gasteiger partial charge in [-0.25, -0.2) is 0 Å². The summed E-state index contributed by atoms with van der Waals surface area (Å²) < 4.78 is 0. The summed E-state index contributed by atoms with van der Waals surface area (Å²) in [6, 6.07) is 0. The third-order valence-corrected chi connectivity index (χ3v) is 2.30. The van der Waals surface area contributed by atoms with E-state index >= 15 is 0 Å². The second-order valence-corrected chi connectivity index (χ2v) is 2.95. The molecule has 1 heteroatoms. The summed E-state index contributed by atoms with van der Waals surface area (Å²) in [5.74, 6) is 0.838. The molecule has 9 heavy (non-hydrogen) atoms. The van der Waals surface area contributed by atoms with Crippen molar-refractivity contribution >= 4 is 0 Å². The average molecular weight is 172 g/mol. The van der Waals surface area contributed by atoms with Crippen molar-refractivity contribution in [1.82, 2.24) is 0 Å². The van der Waals surface area contributed by atoms with Crippen LogP contribution >= 0.6 is 0 Å². The van der Waals surface area contributed by atoms with Crippen LogP contribution in [-0.2, 0) is 15.5 Å². The first-order valence-electron chi connectivity index (χ1n) is 3.86. The van der Waals surface area contributed by atoms with E-state index in [9.17, 15) is 0 Å². The first-order chi connectivity index (χ1) is 4.35. The van der Waals surface area contributed by atoms with Crippen LogP contribution in [0.5, 0.6) is 0 Å². The molecule has 0 nitrogen and oxygen atoms in total. The van der Waals surface area contributed by atoms with Crippen LogP contribution < -0.4 is 0 Å². The quantitative estimate of drug-likeness (QED) is 0.558. The Kier molecular flexibility index (Phi) is 6.97. The van der Waals surface area contributed by atoms with Gasteiger partial charge in [0, 0.05) is 0 Å². The zero-order valence-electron chi connectivity index (χ0n) is 6.43. The van der Waals surface area contributed by atoms with E-state index in [4.69, 9.17) is 15.5 Å². The van der Waals surface area contributed by atoms with Gasteiger partial charge in [0.15, 0.2) is 0 Å². The molecule has 0 aliphatic heterocycles. The fourth-order valence-corrected chi connectivity index (χ4v) is 1.34. The summed E-state index contributed by atoms with van der Waals surface area (Å²) >= 11 is 4.72. The third-order valence-electron chi connectivity index (χ3n) is 1.73. The van der Waals surface area contributed by atoms with Crippen LogP contribution in [0.15, 0.2) is 0 Å². The van der Waals surface area contributed by atoms with Crippen molar-refractivity contribution < 1.29 is 15.5 Å². The molecule has 1 atom stereocenters. The summed E-state index contributed by atoms with van der Waals surface area (Å²) in [5, 5.41) is 0.997. The third kappa shape index (κ3) is 4.96. The molecule has 1 unspecified atom stereocenters. The SMILES string of the molecule is CCCCC(CC)[CH2][Ni]. The van der Waals surface area contributed by atoms with Gasteiger partial charge in [-0.2, -0.15) is 0 Å². The second-order valence-electron chi connectivity index (χ2n) is 2.55. The second kappa shape index (κ2) is 6.61. The number of hydrogen-bond acceptors (Lipinski definition) is 0. The Morgan fingerprint density at radius 3 is 2.33 bits per heavy atom. The van der Waals surface area contributed by atoms with Gasteiger partial charge in [0.1, 0.15) is 0 Å². The molecule has 0 rings (SSSR count). The number of rotatable bonds is 5. The van der Waals surface area contributed by atoms with Gasteiger partial charge in [-0.15, -0.1) is 0 Å². The Bertz CT molecular complexity index is 48.5. The van der Waals surface area contributed by atoms with E-state index in [2.05, 4.69) is 13.8 Å². The molecule has 0 spiro atoms. The molecule has 0 N–H and O–H groups in total. The maximum absolute atomic E-state index is 4.72. The minimum atomic E-state index is 0.838. The normalized spacial score (nSPS) is 13.8. The van der Waals surface area contributed by atoms with E-state index in [0.717, 1.165) is 11.3 Å². The fraction of sp³-hybridized carbons (Fsp3) is 1.00. The van der Waals surface area contributed by atoms with Crippen molar-refractivity contribution in [3.63, 3.8) is 0 Å². The molecule has 0 amide bonds. The molecule has 0 aromatic carbocycles. The summed E-state index contributed by atoms with van der Waals surface area (Å²) in [7, 11) is 0. The monoisotopic (exact) mass is 171 g/mol.